The second kappa shape index (κ2) is 5.01. The molecular formula is C11H16BrN5. The van der Waals surface area contributed by atoms with Crippen molar-refractivity contribution in [1.82, 2.24) is 14.6 Å². The van der Waals surface area contributed by atoms with Gasteiger partial charge in [0.25, 0.3) is 0 Å². The highest BCUT2D eigenvalue weighted by atomic mass is 79.9. The SMILES string of the molecule is CCC(C)Nc1ccc2nc(CN)c(Br)n2n1. The molecule has 0 aromatic carbocycles. The van der Waals surface area contributed by atoms with Crippen LogP contribution < -0.4 is 11.1 Å². The predicted molar refractivity (Wildman–Crippen MR) is 72.0 cm³/mol. The number of halogens is 1. The summed E-state index contributed by atoms with van der Waals surface area (Å²) >= 11 is 3.46. The van der Waals surface area contributed by atoms with E-state index in [-0.39, 0.29) is 0 Å². The lowest BCUT2D eigenvalue weighted by Crippen LogP contribution is -2.15. The van der Waals surface area contributed by atoms with Gasteiger partial charge in [0.05, 0.1) is 5.69 Å². The molecule has 6 heteroatoms. The number of nitrogens with zero attached hydrogens (tertiary/aromatic N) is 3. The highest BCUT2D eigenvalue weighted by Gasteiger charge is 2.10. The number of hydrogen-bond acceptors (Lipinski definition) is 4. The minimum atomic E-state index is 0.399. The van der Waals surface area contributed by atoms with Crippen molar-refractivity contribution in [3.63, 3.8) is 0 Å². The van der Waals surface area contributed by atoms with E-state index >= 15 is 0 Å². The fraction of sp³-hybridized carbons (Fsp3) is 0.455. The van der Waals surface area contributed by atoms with Crippen LogP contribution in [0.25, 0.3) is 5.65 Å². The number of imidazole rings is 1. The predicted octanol–water partition coefficient (Wildman–Crippen LogP) is 2.16. The van der Waals surface area contributed by atoms with E-state index in [9.17, 15) is 0 Å². The number of nitrogens with one attached hydrogen (secondary N) is 1. The second-order valence-corrected chi connectivity index (χ2v) is 4.75. The average Bonchev–Trinajstić information content (AvgIpc) is 2.66. The third-order valence-corrected chi connectivity index (χ3v) is 3.48. The van der Waals surface area contributed by atoms with Gasteiger partial charge in [-0.15, -0.1) is 5.10 Å². The van der Waals surface area contributed by atoms with Crippen LogP contribution in [-0.2, 0) is 6.54 Å². The van der Waals surface area contributed by atoms with Gasteiger partial charge in [0.15, 0.2) is 5.65 Å². The maximum atomic E-state index is 5.61. The summed E-state index contributed by atoms with van der Waals surface area (Å²) in [6, 6.07) is 4.26. The molecule has 0 saturated carbocycles. The number of aromatic nitrogens is 3. The molecule has 1 atom stereocenters. The normalized spacial score (nSPS) is 12.9. The largest absolute Gasteiger partial charge is 0.366 e. The molecule has 5 nitrogen and oxygen atoms in total. The molecule has 2 rings (SSSR count). The first-order valence-electron chi connectivity index (χ1n) is 5.66. The minimum Gasteiger partial charge on any atom is -0.366 e. The summed E-state index contributed by atoms with van der Waals surface area (Å²) in [7, 11) is 0. The van der Waals surface area contributed by atoms with E-state index in [1.54, 1.807) is 4.52 Å². The van der Waals surface area contributed by atoms with Crippen LogP contribution in [0.3, 0.4) is 0 Å². The highest BCUT2D eigenvalue weighted by molar-refractivity contribution is 9.10. The first-order valence-corrected chi connectivity index (χ1v) is 6.45. The van der Waals surface area contributed by atoms with Crippen LogP contribution in [0.15, 0.2) is 16.7 Å². The van der Waals surface area contributed by atoms with E-state index in [1.165, 1.54) is 0 Å². The van der Waals surface area contributed by atoms with Gasteiger partial charge in [-0.1, -0.05) is 6.92 Å². The number of hydrogen-bond donors (Lipinski definition) is 2. The van der Waals surface area contributed by atoms with Gasteiger partial charge in [-0.05, 0) is 41.4 Å². The third-order valence-electron chi connectivity index (χ3n) is 2.69. The van der Waals surface area contributed by atoms with Crippen molar-refractivity contribution in [3.8, 4) is 0 Å². The van der Waals surface area contributed by atoms with Gasteiger partial charge in [-0.25, -0.2) is 9.50 Å². The smallest absolute Gasteiger partial charge is 0.155 e. The Morgan fingerprint density at radius 2 is 2.29 bits per heavy atom. The minimum absolute atomic E-state index is 0.399. The van der Waals surface area contributed by atoms with E-state index < -0.39 is 0 Å². The van der Waals surface area contributed by atoms with E-state index in [4.69, 9.17) is 5.73 Å². The summed E-state index contributed by atoms with van der Waals surface area (Å²) in [4.78, 5) is 4.37. The molecule has 0 radical (unpaired) electrons. The molecule has 3 N–H and O–H groups in total. The summed E-state index contributed by atoms with van der Waals surface area (Å²) in [5, 5.41) is 7.80. The van der Waals surface area contributed by atoms with E-state index in [0.29, 0.717) is 12.6 Å². The molecule has 92 valence electrons. The molecule has 2 heterocycles. The first kappa shape index (κ1) is 12.3. The average molecular weight is 298 g/mol. The van der Waals surface area contributed by atoms with Gasteiger partial charge in [0, 0.05) is 12.6 Å². The molecule has 0 aliphatic carbocycles. The van der Waals surface area contributed by atoms with Crippen LogP contribution in [0.2, 0.25) is 0 Å². The zero-order valence-electron chi connectivity index (χ0n) is 9.94. The Balaban J connectivity index is 2.39. The van der Waals surface area contributed by atoms with Crippen molar-refractivity contribution in [3.05, 3.63) is 22.4 Å². The lowest BCUT2D eigenvalue weighted by atomic mass is 10.2. The molecular weight excluding hydrogens is 282 g/mol. The Morgan fingerprint density at radius 3 is 2.94 bits per heavy atom. The number of rotatable bonds is 4. The van der Waals surface area contributed by atoms with Gasteiger partial charge in [-0.2, -0.15) is 0 Å². The van der Waals surface area contributed by atoms with Crippen LogP contribution in [0, 0.1) is 0 Å². The summed E-state index contributed by atoms with van der Waals surface area (Å²) in [5.41, 5.74) is 7.22. The fourth-order valence-corrected chi connectivity index (χ4v) is 2.02. The monoisotopic (exact) mass is 297 g/mol. The molecule has 0 aliphatic heterocycles. The lowest BCUT2D eigenvalue weighted by Gasteiger charge is -2.11. The molecule has 0 spiro atoms. The first-order chi connectivity index (χ1) is 8.15. The van der Waals surface area contributed by atoms with Crippen molar-refractivity contribution in [2.24, 2.45) is 5.73 Å². The van der Waals surface area contributed by atoms with Gasteiger partial charge in [0.1, 0.15) is 10.4 Å². The molecule has 17 heavy (non-hydrogen) atoms. The molecule has 0 amide bonds. The second-order valence-electron chi connectivity index (χ2n) is 4.00. The van der Waals surface area contributed by atoms with Gasteiger partial charge < -0.3 is 11.1 Å². The molecule has 2 aromatic heterocycles. The molecule has 0 aliphatic rings. The number of nitrogens with two attached hydrogens (primary N) is 1. The highest BCUT2D eigenvalue weighted by Crippen LogP contribution is 2.19. The Hall–Kier alpha value is -1.14. The summed E-state index contributed by atoms with van der Waals surface area (Å²) in [6.45, 7) is 4.66. The maximum Gasteiger partial charge on any atom is 0.155 e. The number of fused-ring (bicyclic) bond motifs is 1. The van der Waals surface area contributed by atoms with E-state index in [0.717, 1.165) is 28.2 Å². The molecule has 2 aromatic rings. The van der Waals surface area contributed by atoms with Crippen molar-refractivity contribution in [2.45, 2.75) is 32.9 Å². The van der Waals surface area contributed by atoms with Crippen molar-refractivity contribution >= 4 is 27.4 Å². The Kier molecular flexibility index (Phi) is 3.63. The van der Waals surface area contributed by atoms with Gasteiger partial charge in [0.2, 0.25) is 0 Å². The van der Waals surface area contributed by atoms with E-state index in [2.05, 4.69) is 45.2 Å². The lowest BCUT2D eigenvalue weighted by molar-refractivity contribution is 0.750. The zero-order valence-corrected chi connectivity index (χ0v) is 11.5. The molecule has 1 unspecified atom stereocenters. The Bertz CT molecular complexity index is 522. The van der Waals surface area contributed by atoms with Crippen LogP contribution in [0.4, 0.5) is 5.82 Å². The van der Waals surface area contributed by atoms with Crippen LogP contribution in [0.5, 0.6) is 0 Å². The standard InChI is InChI=1S/C11H16BrN5/c1-3-7(2)14-9-4-5-10-15-8(6-13)11(12)17(10)16-9/h4-5,7H,3,6,13H2,1-2H3,(H,14,16). The quantitative estimate of drug-likeness (QED) is 0.907. The summed E-state index contributed by atoms with van der Waals surface area (Å²) in [5.74, 6) is 0.841. The van der Waals surface area contributed by atoms with Crippen molar-refractivity contribution in [2.75, 3.05) is 5.32 Å². The summed E-state index contributed by atoms with van der Waals surface area (Å²) < 4.78 is 2.58. The summed E-state index contributed by atoms with van der Waals surface area (Å²) in [6.07, 6.45) is 1.05. The van der Waals surface area contributed by atoms with E-state index in [1.807, 2.05) is 12.1 Å². The third kappa shape index (κ3) is 2.42. The zero-order chi connectivity index (χ0) is 12.4. The van der Waals surface area contributed by atoms with Crippen molar-refractivity contribution in [1.29, 1.82) is 0 Å². The van der Waals surface area contributed by atoms with Gasteiger partial charge >= 0.3 is 0 Å². The Morgan fingerprint density at radius 1 is 1.53 bits per heavy atom. The van der Waals surface area contributed by atoms with Crippen LogP contribution >= 0.6 is 15.9 Å². The van der Waals surface area contributed by atoms with Crippen LogP contribution in [-0.4, -0.2) is 20.6 Å². The molecule has 0 saturated heterocycles. The van der Waals surface area contributed by atoms with Gasteiger partial charge in [-0.3, -0.25) is 0 Å². The topological polar surface area (TPSA) is 68.2 Å². The Labute approximate surface area is 109 Å². The number of anilines is 1. The molecule has 0 fully saturated rings. The van der Waals surface area contributed by atoms with Crippen molar-refractivity contribution < 1.29 is 0 Å². The van der Waals surface area contributed by atoms with Crippen LogP contribution in [0.1, 0.15) is 26.0 Å². The fourth-order valence-electron chi connectivity index (χ4n) is 1.51. The molecule has 0 bridgehead atoms. The maximum absolute atomic E-state index is 5.61.